The first-order chi connectivity index (χ1) is 15.4. The number of aromatic nitrogens is 1. The maximum atomic E-state index is 13.8. The summed E-state index contributed by atoms with van der Waals surface area (Å²) in [6, 6.07) is 12.7. The number of nitrogens with zero attached hydrogens (tertiary/aromatic N) is 2. The summed E-state index contributed by atoms with van der Waals surface area (Å²) in [6.07, 6.45) is 1.04. The Labute approximate surface area is 193 Å². The van der Waals surface area contributed by atoms with Gasteiger partial charge >= 0.3 is 0 Å². The first-order valence-corrected chi connectivity index (χ1v) is 11.5. The highest BCUT2D eigenvalue weighted by Gasteiger charge is 2.54. The molecule has 164 valence electrons. The minimum atomic E-state index is -0.392. The fourth-order valence-corrected chi connectivity index (χ4v) is 5.45. The molecule has 1 unspecified atom stereocenters. The zero-order valence-corrected chi connectivity index (χ0v) is 18.5. The molecule has 1 saturated carbocycles. The number of thiazole rings is 1. The monoisotopic (exact) mass is 470 g/mol. The number of carbonyl (C=O) groups excluding carboxylic acids is 2. The third-order valence-electron chi connectivity index (χ3n) is 6.06. The van der Waals surface area contributed by atoms with Crippen LogP contribution in [0.15, 0.2) is 48.5 Å². The molecule has 9 heteroatoms. The van der Waals surface area contributed by atoms with E-state index in [9.17, 15) is 14.0 Å². The summed E-state index contributed by atoms with van der Waals surface area (Å²) in [5.74, 6) is -0.0847. The molecule has 1 aromatic heterocycles. The van der Waals surface area contributed by atoms with Crippen LogP contribution in [0.3, 0.4) is 0 Å². The Hall–Kier alpha value is -2.97. The summed E-state index contributed by atoms with van der Waals surface area (Å²) in [6.45, 7) is 0.953. The van der Waals surface area contributed by atoms with Gasteiger partial charge in [-0.3, -0.25) is 9.59 Å². The SMILES string of the molecule is Nc1nc(C(=O)N2C[C@@H]3CC3[C@H]2CNC(=O)c2cccc(Cl)c2)c(-c2cccc(F)c2)s1. The number of nitrogens with two attached hydrogens (primary N) is 1. The highest BCUT2D eigenvalue weighted by molar-refractivity contribution is 7.19. The molecule has 2 aliphatic rings. The van der Waals surface area contributed by atoms with Crippen molar-refractivity contribution < 1.29 is 14.0 Å². The average molecular weight is 471 g/mol. The first-order valence-electron chi connectivity index (χ1n) is 10.3. The number of anilines is 1. The van der Waals surface area contributed by atoms with Crippen LogP contribution in [0.5, 0.6) is 0 Å². The summed E-state index contributed by atoms with van der Waals surface area (Å²) >= 11 is 7.15. The van der Waals surface area contributed by atoms with Gasteiger partial charge in [-0.1, -0.05) is 41.1 Å². The predicted molar refractivity (Wildman–Crippen MR) is 122 cm³/mol. The minimum absolute atomic E-state index is 0.126. The van der Waals surface area contributed by atoms with Crippen molar-refractivity contribution in [3.05, 3.63) is 70.6 Å². The fraction of sp³-hybridized carbons (Fsp3) is 0.261. The highest BCUT2D eigenvalue weighted by atomic mass is 35.5. The Morgan fingerprint density at radius 1 is 1.25 bits per heavy atom. The van der Waals surface area contributed by atoms with E-state index in [1.54, 1.807) is 41.3 Å². The Morgan fingerprint density at radius 2 is 2.06 bits per heavy atom. The van der Waals surface area contributed by atoms with E-state index in [2.05, 4.69) is 10.3 Å². The van der Waals surface area contributed by atoms with E-state index in [1.165, 1.54) is 12.1 Å². The van der Waals surface area contributed by atoms with Gasteiger partial charge in [-0.15, -0.1) is 0 Å². The van der Waals surface area contributed by atoms with Gasteiger partial charge in [-0.25, -0.2) is 9.37 Å². The molecule has 3 N–H and O–H groups in total. The second-order valence-corrected chi connectivity index (χ2v) is 9.61. The quantitative estimate of drug-likeness (QED) is 0.588. The van der Waals surface area contributed by atoms with Gasteiger partial charge in [0.1, 0.15) is 11.5 Å². The molecular weight excluding hydrogens is 451 g/mol. The van der Waals surface area contributed by atoms with Crippen LogP contribution in [0.2, 0.25) is 5.02 Å². The third-order valence-corrected chi connectivity index (χ3v) is 7.22. The third kappa shape index (κ3) is 3.96. The summed E-state index contributed by atoms with van der Waals surface area (Å²) in [5, 5.41) is 3.68. The average Bonchev–Trinajstić information content (AvgIpc) is 3.28. The number of carbonyl (C=O) groups is 2. The maximum Gasteiger partial charge on any atom is 0.274 e. The number of benzene rings is 2. The molecule has 2 amide bonds. The number of amides is 2. The molecule has 3 aromatic rings. The van der Waals surface area contributed by atoms with Gasteiger partial charge in [0, 0.05) is 23.7 Å². The number of piperidine rings is 1. The Kier molecular flexibility index (Phi) is 5.35. The van der Waals surface area contributed by atoms with E-state index in [0.29, 0.717) is 46.0 Å². The maximum absolute atomic E-state index is 13.8. The molecule has 0 spiro atoms. The molecule has 1 aliphatic carbocycles. The van der Waals surface area contributed by atoms with E-state index >= 15 is 0 Å². The van der Waals surface area contributed by atoms with Crippen LogP contribution in [0, 0.1) is 17.7 Å². The van der Waals surface area contributed by atoms with E-state index in [1.807, 2.05) is 0 Å². The number of hydrogen-bond donors (Lipinski definition) is 2. The van der Waals surface area contributed by atoms with Gasteiger partial charge in [0.15, 0.2) is 5.13 Å². The topological polar surface area (TPSA) is 88.3 Å². The zero-order chi connectivity index (χ0) is 22.4. The standard InChI is InChI=1S/C23H20ClFN4O2S/c24-15-5-1-4-13(7-15)21(30)27-10-18-17-9-14(17)11-29(18)22(31)19-20(32-23(26)28-19)12-3-2-6-16(25)8-12/h1-8,14,17-18H,9-11H2,(H2,26,28)(H,27,30)/t14-,17?,18+/m0/s1. The van der Waals surface area contributed by atoms with E-state index in [4.69, 9.17) is 17.3 Å². The number of hydrogen-bond acceptors (Lipinski definition) is 5. The van der Waals surface area contributed by atoms with Gasteiger partial charge in [-0.05, 0) is 54.2 Å². The molecule has 0 radical (unpaired) electrons. The molecule has 5 rings (SSSR count). The molecule has 1 saturated heterocycles. The van der Waals surface area contributed by atoms with Crippen LogP contribution in [-0.4, -0.2) is 40.8 Å². The Balaban J connectivity index is 1.36. The Morgan fingerprint density at radius 3 is 2.84 bits per heavy atom. The number of likely N-dealkylation sites (tertiary alicyclic amines) is 1. The first kappa shape index (κ1) is 20.9. The summed E-state index contributed by atoms with van der Waals surface area (Å²) in [5.41, 5.74) is 7.18. The molecular formula is C23H20ClFN4O2S. The van der Waals surface area contributed by atoms with Crippen LogP contribution in [0.1, 0.15) is 27.3 Å². The van der Waals surface area contributed by atoms with Crippen LogP contribution in [0.25, 0.3) is 10.4 Å². The second-order valence-electron chi connectivity index (χ2n) is 8.15. The van der Waals surface area contributed by atoms with Crippen LogP contribution >= 0.6 is 22.9 Å². The van der Waals surface area contributed by atoms with Gasteiger partial charge in [0.2, 0.25) is 0 Å². The molecule has 3 atom stereocenters. The highest BCUT2D eigenvalue weighted by Crippen LogP contribution is 2.50. The number of nitrogens with one attached hydrogen (secondary N) is 1. The van der Waals surface area contributed by atoms with Crippen molar-refractivity contribution in [2.45, 2.75) is 12.5 Å². The molecule has 2 aromatic carbocycles. The summed E-state index contributed by atoms with van der Waals surface area (Å²) in [4.78, 5) is 32.6. The minimum Gasteiger partial charge on any atom is -0.375 e. The summed E-state index contributed by atoms with van der Waals surface area (Å²) < 4.78 is 13.8. The summed E-state index contributed by atoms with van der Waals surface area (Å²) in [7, 11) is 0. The zero-order valence-electron chi connectivity index (χ0n) is 16.9. The Bertz CT molecular complexity index is 1220. The van der Waals surface area contributed by atoms with E-state index < -0.39 is 5.82 Å². The lowest BCUT2D eigenvalue weighted by molar-refractivity contribution is 0.0691. The van der Waals surface area contributed by atoms with E-state index in [-0.39, 0.29) is 28.7 Å². The second kappa shape index (κ2) is 8.18. The fourth-order valence-electron chi connectivity index (χ4n) is 4.44. The number of rotatable bonds is 5. The predicted octanol–water partition coefficient (Wildman–Crippen LogP) is 4.08. The number of fused-ring (bicyclic) bond motifs is 1. The van der Waals surface area contributed by atoms with E-state index in [0.717, 1.165) is 17.8 Å². The van der Waals surface area contributed by atoms with Gasteiger partial charge < -0.3 is 16.0 Å². The van der Waals surface area contributed by atoms with Gasteiger partial charge in [0.05, 0.1) is 10.9 Å². The lowest BCUT2D eigenvalue weighted by Crippen LogP contribution is -2.45. The van der Waals surface area contributed by atoms with Crippen molar-refractivity contribution in [3.8, 4) is 10.4 Å². The molecule has 32 heavy (non-hydrogen) atoms. The molecule has 2 heterocycles. The smallest absolute Gasteiger partial charge is 0.274 e. The van der Waals surface area contributed by atoms with Crippen LogP contribution in [-0.2, 0) is 0 Å². The molecule has 2 fully saturated rings. The van der Waals surface area contributed by atoms with Crippen molar-refractivity contribution in [3.63, 3.8) is 0 Å². The van der Waals surface area contributed by atoms with Crippen LogP contribution in [0.4, 0.5) is 9.52 Å². The van der Waals surface area contributed by atoms with Gasteiger partial charge in [0.25, 0.3) is 11.8 Å². The molecule has 0 bridgehead atoms. The lowest BCUT2D eigenvalue weighted by Gasteiger charge is -2.27. The molecule has 1 aliphatic heterocycles. The lowest BCUT2D eigenvalue weighted by atomic mass is 10.1. The largest absolute Gasteiger partial charge is 0.375 e. The van der Waals surface area contributed by atoms with Crippen molar-refractivity contribution in [1.82, 2.24) is 15.2 Å². The van der Waals surface area contributed by atoms with Crippen molar-refractivity contribution in [2.24, 2.45) is 11.8 Å². The van der Waals surface area contributed by atoms with Crippen molar-refractivity contribution in [1.29, 1.82) is 0 Å². The number of halogens is 2. The number of nitrogen functional groups attached to an aromatic ring is 1. The van der Waals surface area contributed by atoms with Gasteiger partial charge in [-0.2, -0.15) is 0 Å². The normalized spacial score (nSPS) is 21.3. The van der Waals surface area contributed by atoms with Crippen molar-refractivity contribution in [2.75, 3.05) is 18.8 Å². The van der Waals surface area contributed by atoms with Crippen LogP contribution < -0.4 is 11.1 Å². The molecule has 6 nitrogen and oxygen atoms in total. The van der Waals surface area contributed by atoms with Crippen molar-refractivity contribution >= 4 is 39.9 Å².